The van der Waals surface area contributed by atoms with Crippen LogP contribution >= 0.6 is 27.5 Å². The highest BCUT2D eigenvalue weighted by Gasteiger charge is 2.12. The first-order valence-corrected chi connectivity index (χ1v) is 5.24. The quantitative estimate of drug-likeness (QED) is 0.601. The van der Waals surface area contributed by atoms with E-state index in [2.05, 4.69) is 27.0 Å². The van der Waals surface area contributed by atoms with Crippen molar-refractivity contribution < 1.29 is 0 Å². The molecule has 72 valence electrons. The topological polar surface area (TPSA) is 36.1 Å². The van der Waals surface area contributed by atoms with E-state index in [1.54, 1.807) is 19.2 Å². The zero-order valence-corrected chi connectivity index (χ0v) is 9.88. The van der Waals surface area contributed by atoms with Gasteiger partial charge in [0.25, 0.3) is 0 Å². The first-order valence-electron chi connectivity index (χ1n) is 3.95. The first-order chi connectivity index (χ1) is 6.69. The summed E-state index contributed by atoms with van der Waals surface area (Å²) in [6.07, 6.45) is 0. The van der Waals surface area contributed by atoms with E-state index in [-0.39, 0.29) is 4.83 Å². The highest BCUT2D eigenvalue weighted by atomic mass is 79.9. The number of alkyl halides is 1. The van der Waals surface area contributed by atoms with Gasteiger partial charge in [-0.05, 0) is 17.7 Å². The summed E-state index contributed by atoms with van der Waals surface area (Å²) in [5, 5.41) is 9.42. The number of nitrogens with zero attached hydrogens (tertiary/aromatic N) is 2. The molecule has 0 aliphatic rings. The van der Waals surface area contributed by atoms with Gasteiger partial charge in [0.1, 0.15) is 4.83 Å². The molecule has 1 atom stereocenters. The molecule has 14 heavy (non-hydrogen) atoms. The lowest BCUT2D eigenvalue weighted by atomic mass is 10.1. The molecule has 1 aromatic carbocycles. The van der Waals surface area contributed by atoms with Crippen molar-refractivity contribution >= 4 is 33.2 Å². The van der Waals surface area contributed by atoms with Crippen molar-refractivity contribution in [2.24, 2.45) is 4.99 Å². The van der Waals surface area contributed by atoms with Crippen LogP contribution in [0.4, 0.5) is 0 Å². The summed E-state index contributed by atoms with van der Waals surface area (Å²) in [4.78, 5) is 3.68. The Hall–Kier alpha value is -0.850. The molecule has 4 heteroatoms. The first kappa shape index (κ1) is 11.2. The lowest BCUT2D eigenvalue weighted by Crippen LogP contribution is -2.13. The third kappa shape index (κ3) is 2.57. The van der Waals surface area contributed by atoms with Gasteiger partial charge in [-0.2, -0.15) is 5.26 Å². The van der Waals surface area contributed by atoms with Crippen molar-refractivity contribution in [3.8, 4) is 6.07 Å². The molecule has 0 radical (unpaired) electrons. The van der Waals surface area contributed by atoms with Crippen LogP contribution in [-0.2, 0) is 0 Å². The van der Waals surface area contributed by atoms with Gasteiger partial charge in [0.15, 0.2) is 0 Å². The van der Waals surface area contributed by atoms with Gasteiger partial charge in [0.05, 0.1) is 11.8 Å². The number of hydrogen-bond acceptors (Lipinski definition) is 2. The zero-order chi connectivity index (χ0) is 10.6. The number of nitriles is 1. The molecule has 0 aliphatic carbocycles. The molecule has 0 bridgehead atoms. The van der Waals surface area contributed by atoms with Crippen LogP contribution in [0.15, 0.2) is 29.3 Å². The Labute approximate surface area is 96.3 Å². The van der Waals surface area contributed by atoms with E-state index in [4.69, 9.17) is 16.9 Å². The van der Waals surface area contributed by atoms with Crippen LogP contribution in [0.5, 0.6) is 0 Å². The molecule has 0 heterocycles. The monoisotopic (exact) mass is 270 g/mol. The molecule has 1 aromatic rings. The van der Waals surface area contributed by atoms with E-state index in [9.17, 15) is 0 Å². The lowest BCUT2D eigenvalue weighted by Gasteiger charge is -2.05. The number of halogens is 2. The highest BCUT2D eigenvalue weighted by molar-refractivity contribution is 9.10. The standard InChI is InChI=1S/C10H8BrClN2/c1-14-10(9(11)6-13)7-2-4-8(12)5-3-7/h2-5,9H,1H3. The van der Waals surface area contributed by atoms with Crippen molar-refractivity contribution in [3.63, 3.8) is 0 Å². The van der Waals surface area contributed by atoms with Gasteiger partial charge in [-0.15, -0.1) is 0 Å². The highest BCUT2D eigenvalue weighted by Crippen LogP contribution is 2.14. The summed E-state index contributed by atoms with van der Waals surface area (Å²) >= 11 is 8.99. The van der Waals surface area contributed by atoms with Crippen LogP contribution < -0.4 is 0 Å². The Kier molecular flexibility index (Phi) is 4.12. The lowest BCUT2D eigenvalue weighted by molar-refractivity contribution is 1.35. The van der Waals surface area contributed by atoms with Crippen molar-refractivity contribution in [2.45, 2.75) is 4.83 Å². The minimum absolute atomic E-state index is 0.381. The van der Waals surface area contributed by atoms with Gasteiger partial charge in [-0.3, -0.25) is 4.99 Å². The van der Waals surface area contributed by atoms with E-state index < -0.39 is 0 Å². The Morgan fingerprint density at radius 3 is 2.50 bits per heavy atom. The van der Waals surface area contributed by atoms with Crippen LogP contribution in [0.2, 0.25) is 5.02 Å². The fourth-order valence-electron chi connectivity index (χ4n) is 1.07. The smallest absolute Gasteiger partial charge is 0.143 e. The van der Waals surface area contributed by atoms with Crippen molar-refractivity contribution in [3.05, 3.63) is 34.9 Å². The van der Waals surface area contributed by atoms with E-state index in [0.717, 1.165) is 5.56 Å². The maximum absolute atomic E-state index is 8.75. The molecule has 0 N–H and O–H groups in total. The second-order valence-corrected chi connectivity index (χ2v) is 3.96. The number of hydrogen-bond donors (Lipinski definition) is 0. The van der Waals surface area contributed by atoms with Crippen LogP contribution in [0.3, 0.4) is 0 Å². The Balaban J connectivity index is 3.04. The average molecular weight is 272 g/mol. The predicted molar refractivity (Wildman–Crippen MR) is 62.2 cm³/mol. The van der Waals surface area contributed by atoms with Crippen molar-refractivity contribution in [1.82, 2.24) is 0 Å². The van der Waals surface area contributed by atoms with E-state index in [1.165, 1.54) is 0 Å². The summed E-state index contributed by atoms with van der Waals surface area (Å²) < 4.78 is 0. The fourth-order valence-corrected chi connectivity index (χ4v) is 1.67. The van der Waals surface area contributed by atoms with Crippen LogP contribution in [-0.4, -0.2) is 17.6 Å². The molecule has 0 spiro atoms. The maximum atomic E-state index is 8.75. The minimum atomic E-state index is -0.381. The molecule has 0 aromatic heterocycles. The summed E-state index contributed by atoms with van der Waals surface area (Å²) in [6, 6.07) is 9.32. The maximum Gasteiger partial charge on any atom is 0.143 e. The van der Waals surface area contributed by atoms with Crippen LogP contribution in [0.1, 0.15) is 5.56 Å². The second kappa shape index (κ2) is 5.14. The molecule has 1 unspecified atom stereocenters. The average Bonchev–Trinajstić information content (AvgIpc) is 2.21. The molecule has 0 aliphatic heterocycles. The Morgan fingerprint density at radius 1 is 1.50 bits per heavy atom. The van der Waals surface area contributed by atoms with Gasteiger partial charge in [0.2, 0.25) is 0 Å². The van der Waals surface area contributed by atoms with Gasteiger partial charge < -0.3 is 0 Å². The van der Waals surface area contributed by atoms with E-state index in [0.29, 0.717) is 10.7 Å². The molecule has 0 amide bonds. The molecule has 0 saturated heterocycles. The normalized spacial score (nSPS) is 13.4. The van der Waals surface area contributed by atoms with Gasteiger partial charge in [0, 0.05) is 12.1 Å². The van der Waals surface area contributed by atoms with Crippen LogP contribution in [0, 0.1) is 11.3 Å². The minimum Gasteiger partial charge on any atom is -0.290 e. The number of benzene rings is 1. The van der Waals surface area contributed by atoms with Crippen molar-refractivity contribution in [2.75, 3.05) is 7.05 Å². The van der Waals surface area contributed by atoms with E-state index in [1.807, 2.05) is 12.1 Å². The van der Waals surface area contributed by atoms with Crippen LogP contribution in [0.25, 0.3) is 0 Å². The van der Waals surface area contributed by atoms with Gasteiger partial charge in [-0.1, -0.05) is 39.7 Å². The molecule has 1 rings (SSSR count). The fraction of sp³-hybridized carbons (Fsp3) is 0.200. The van der Waals surface area contributed by atoms with E-state index >= 15 is 0 Å². The van der Waals surface area contributed by atoms with Gasteiger partial charge >= 0.3 is 0 Å². The summed E-state index contributed by atoms with van der Waals surface area (Å²) in [5.74, 6) is 0. The summed E-state index contributed by atoms with van der Waals surface area (Å²) in [5.41, 5.74) is 1.62. The zero-order valence-electron chi connectivity index (χ0n) is 7.54. The third-order valence-electron chi connectivity index (χ3n) is 1.73. The molecule has 0 fully saturated rings. The molecular formula is C10H8BrClN2. The number of rotatable bonds is 2. The Bertz CT molecular complexity index is 378. The SMILES string of the molecule is CN=C(c1ccc(Cl)cc1)C(Br)C#N. The number of aliphatic imine (C=N–C) groups is 1. The largest absolute Gasteiger partial charge is 0.290 e. The van der Waals surface area contributed by atoms with Gasteiger partial charge in [-0.25, -0.2) is 0 Å². The molecule has 2 nitrogen and oxygen atoms in total. The second-order valence-electron chi connectivity index (χ2n) is 2.61. The third-order valence-corrected chi connectivity index (χ3v) is 2.62. The summed E-state index contributed by atoms with van der Waals surface area (Å²) in [6.45, 7) is 0. The molecule has 0 saturated carbocycles. The van der Waals surface area contributed by atoms with Crippen molar-refractivity contribution in [1.29, 1.82) is 5.26 Å². The summed E-state index contributed by atoms with van der Waals surface area (Å²) in [7, 11) is 1.66. The molecular weight excluding hydrogens is 263 g/mol. The predicted octanol–water partition coefficient (Wildman–Crippen LogP) is 3.05. The Morgan fingerprint density at radius 2 is 2.07 bits per heavy atom.